The van der Waals surface area contributed by atoms with E-state index in [4.69, 9.17) is 42.1 Å². The van der Waals surface area contributed by atoms with Gasteiger partial charge >= 0.3 is 0 Å². The van der Waals surface area contributed by atoms with Crippen molar-refractivity contribution in [3.63, 3.8) is 0 Å². The molecule has 6 atom stereocenters. The lowest BCUT2D eigenvalue weighted by molar-refractivity contribution is -0.141. The summed E-state index contributed by atoms with van der Waals surface area (Å²) in [7, 11) is 0. The van der Waals surface area contributed by atoms with Crippen LogP contribution in [-0.2, 0) is 18.9 Å². The Morgan fingerprint density at radius 3 is 1.50 bits per heavy atom. The topological polar surface area (TPSA) is 77.4 Å². The molecule has 2 fully saturated rings. The van der Waals surface area contributed by atoms with Crippen molar-refractivity contribution < 1.29 is 29.2 Å². The fraction of sp³-hybridized carbons (Fsp3) is 0.400. The molecule has 2 unspecified atom stereocenters. The van der Waals surface area contributed by atoms with Crippen molar-refractivity contribution >= 4 is 23.2 Å². The first-order valence-electron chi connectivity index (χ1n) is 8.93. The highest BCUT2D eigenvalue weighted by atomic mass is 35.5. The van der Waals surface area contributed by atoms with E-state index in [-0.39, 0.29) is 13.2 Å². The Kier molecular flexibility index (Phi) is 6.20. The first kappa shape index (κ1) is 20.1. The summed E-state index contributed by atoms with van der Waals surface area (Å²) in [5, 5.41) is 22.2. The molecule has 0 radical (unpaired) electrons. The van der Waals surface area contributed by atoms with Gasteiger partial charge in [-0.2, -0.15) is 0 Å². The predicted molar refractivity (Wildman–Crippen MR) is 102 cm³/mol. The molecule has 0 spiro atoms. The Morgan fingerprint density at radius 1 is 0.714 bits per heavy atom. The monoisotopic (exact) mass is 426 g/mol. The zero-order valence-corrected chi connectivity index (χ0v) is 16.3. The van der Waals surface area contributed by atoms with Crippen LogP contribution in [0.1, 0.15) is 23.7 Å². The predicted octanol–water partition coefficient (Wildman–Crippen LogP) is 3.24. The molecule has 2 saturated heterocycles. The average molecular weight is 427 g/mol. The van der Waals surface area contributed by atoms with E-state index in [0.29, 0.717) is 21.2 Å². The van der Waals surface area contributed by atoms with Crippen molar-refractivity contribution in [3.8, 4) is 0 Å². The van der Waals surface area contributed by atoms with Crippen LogP contribution in [0.2, 0.25) is 10.0 Å². The Hall–Kier alpha value is -1.22. The summed E-state index contributed by atoms with van der Waals surface area (Å²) in [6, 6.07) is 14.3. The fourth-order valence-corrected chi connectivity index (χ4v) is 3.75. The third kappa shape index (κ3) is 4.06. The summed E-state index contributed by atoms with van der Waals surface area (Å²) in [6.45, 7) is 0.241. The molecule has 2 aliphatic heterocycles. The van der Waals surface area contributed by atoms with Crippen LogP contribution in [-0.4, -0.2) is 47.8 Å². The van der Waals surface area contributed by atoms with Crippen LogP contribution in [0.4, 0.5) is 0 Å². The maximum Gasteiger partial charge on any atom is 0.185 e. The van der Waals surface area contributed by atoms with Crippen molar-refractivity contribution in [3.05, 3.63) is 69.7 Å². The summed E-state index contributed by atoms with van der Waals surface area (Å²) < 4.78 is 22.7. The van der Waals surface area contributed by atoms with Gasteiger partial charge in [0, 0.05) is 21.2 Å². The number of rotatable bonds is 5. The normalized spacial score (nSPS) is 29.7. The Balaban J connectivity index is 1.37. The number of aliphatic hydroxyl groups excluding tert-OH is 2. The largest absolute Gasteiger partial charge is 0.387 e. The second-order valence-corrected chi connectivity index (χ2v) is 7.52. The van der Waals surface area contributed by atoms with Crippen LogP contribution in [0.25, 0.3) is 0 Å². The highest BCUT2D eigenvalue weighted by Gasteiger charge is 2.42. The number of aliphatic hydroxyl groups is 2. The van der Waals surface area contributed by atoms with Gasteiger partial charge < -0.3 is 29.2 Å². The van der Waals surface area contributed by atoms with Crippen molar-refractivity contribution in [1.29, 1.82) is 0 Å². The van der Waals surface area contributed by atoms with E-state index in [0.717, 1.165) is 0 Å². The van der Waals surface area contributed by atoms with Gasteiger partial charge in [-0.15, -0.1) is 0 Å². The maximum absolute atomic E-state index is 10.6. The van der Waals surface area contributed by atoms with Crippen molar-refractivity contribution in [2.75, 3.05) is 13.2 Å². The van der Waals surface area contributed by atoms with Gasteiger partial charge in [0.1, 0.15) is 24.4 Å². The second-order valence-electron chi connectivity index (χ2n) is 6.70. The smallest absolute Gasteiger partial charge is 0.185 e. The SMILES string of the molecule is O[C@@H]([C@H](O)[C@H]1COC(c2ccccc2Cl)O1)[C@@H]1COC(c2ccccc2Cl)O1. The summed E-state index contributed by atoms with van der Waals surface area (Å²) >= 11 is 12.3. The number of halogens is 2. The number of hydrogen-bond acceptors (Lipinski definition) is 6. The van der Waals surface area contributed by atoms with Crippen LogP contribution >= 0.6 is 23.2 Å². The molecule has 0 bridgehead atoms. The molecular weight excluding hydrogens is 407 g/mol. The van der Waals surface area contributed by atoms with Gasteiger partial charge in [0.05, 0.1) is 13.2 Å². The molecule has 2 aliphatic rings. The van der Waals surface area contributed by atoms with Crippen LogP contribution in [0.15, 0.2) is 48.5 Å². The molecule has 2 aromatic carbocycles. The third-order valence-corrected chi connectivity index (χ3v) is 5.54. The van der Waals surface area contributed by atoms with E-state index in [1.807, 2.05) is 24.3 Å². The molecule has 2 N–H and O–H groups in total. The third-order valence-electron chi connectivity index (χ3n) is 4.85. The molecule has 6 nitrogen and oxygen atoms in total. The van der Waals surface area contributed by atoms with E-state index in [1.165, 1.54) is 0 Å². The van der Waals surface area contributed by atoms with Crippen LogP contribution in [0.3, 0.4) is 0 Å². The molecule has 0 aromatic heterocycles. The zero-order valence-electron chi connectivity index (χ0n) is 14.8. The van der Waals surface area contributed by atoms with Crippen LogP contribution < -0.4 is 0 Å². The first-order chi connectivity index (χ1) is 13.5. The number of hydrogen-bond donors (Lipinski definition) is 2. The zero-order chi connectivity index (χ0) is 19.7. The van der Waals surface area contributed by atoms with Crippen LogP contribution in [0.5, 0.6) is 0 Å². The minimum absolute atomic E-state index is 0.121. The van der Waals surface area contributed by atoms with E-state index >= 15 is 0 Å². The highest BCUT2D eigenvalue weighted by molar-refractivity contribution is 6.31. The van der Waals surface area contributed by atoms with Crippen molar-refractivity contribution in [2.45, 2.75) is 37.0 Å². The lowest BCUT2D eigenvalue weighted by Crippen LogP contribution is -2.46. The average Bonchev–Trinajstić information content (AvgIpc) is 3.38. The maximum atomic E-state index is 10.6. The van der Waals surface area contributed by atoms with E-state index in [1.54, 1.807) is 24.3 Å². The highest BCUT2D eigenvalue weighted by Crippen LogP contribution is 2.36. The second kappa shape index (κ2) is 8.65. The van der Waals surface area contributed by atoms with Gasteiger partial charge in [-0.25, -0.2) is 0 Å². The van der Waals surface area contributed by atoms with E-state index in [9.17, 15) is 10.2 Å². The fourth-order valence-electron chi connectivity index (χ4n) is 3.30. The lowest BCUT2D eigenvalue weighted by Gasteiger charge is -2.26. The lowest BCUT2D eigenvalue weighted by atomic mass is 10.0. The Morgan fingerprint density at radius 2 is 1.11 bits per heavy atom. The summed E-state index contributed by atoms with van der Waals surface area (Å²) in [6.07, 6.45) is -5.27. The Labute approximate surface area is 172 Å². The van der Waals surface area contributed by atoms with Gasteiger partial charge in [-0.3, -0.25) is 0 Å². The summed E-state index contributed by atoms with van der Waals surface area (Å²) in [5.74, 6) is 0. The molecule has 2 aromatic rings. The summed E-state index contributed by atoms with van der Waals surface area (Å²) in [5.41, 5.74) is 1.35. The van der Waals surface area contributed by atoms with Crippen molar-refractivity contribution in [2.24, 2.45) is 0 Å². The summed E-state index contributed by atoms with van der Waals surface area (Å²) in [4.78, 5) is 0. The minimum Gasteiger partial charge on any atom is -0.387 e. The van der Waals surface area contributed by atoms with Gasteiger partial charge in [0.2, 0.25) is 0 Å². The van der Waals surface area contributed by atoms with Gasteiger partial charge in [0.15, 0.2) is 12.6 Å². The molecule has 2 heterocycles. The number of benzene rings is 2. The quantitative estimate of drug-likeness (QED) is 0.763. The van der Waals surface area contributed by atoms with E-state index < -0.39 is 37.0 Å². The molecule has 150 valence electrons. The molecule has 4 rings (SSSR count). The number of ether oxygens (including phenoxy) is 4. The molecule has 0 aliphatic carbocycles. The standard InChI is InChI=1S/C20H20Cl2O6/c21-13-7-3-1-5-11(13)19-25-9-15(27-19)17(23)18(24)16-10-26-20(28-16)12-6-2-4-8-14(12)22/h1-8,15-20,23-24H,9-10H2/t15-,16+,17-,18-,19?,20?/m1/s1. The molecular formula is C20H20Cl2O6. The molecule has 8 heteroatoms. The first-order valence-corrected chi connectivity index (χ1v) is 9.69. The Bertz CT molecular complexity index is 751. The van der Waals surface area contributed by atoms with Crippen LogP contribution in [0, 0.1) is 0 Å². The van der Waals surface area contributed by atoms with Gasteiger partial charge in [-0.1, -0.05) is 59.6 Å². The van der Waals surface area contributed by atoms with Gasteiger partial charge in [0.25, 0.3) is 0 Å². The molecule has 0 saturated carbocycles. The minimum atomic E-state index is -1.22. The molecule has 0 amide bonds. The van der Waals surface area contributed by atoms with Crippen molar-refractivity contribution in [1.82, 2.24) is 0 Å². The van der Waals surface area contributed by atoms with Gasteiger partial charge in [-0.05, 0) is 12.1 Å². The van der Waals surface area contributed by atoms with E-state index in [2.05, 4.69) is 0 Å². The molecule has 28 heavy (non-hydrogen) atoms.